The van der Waals surface area contributed by atoms with Gasteiger partial charge in [-0.2, -0.15) is 0 Å². The zero-order valence-electron chi connectivity index (χ0n) is 13.7. The van der Waals surface area contributed by atoms with Crippen molar-refractivity contribution in [3.05, 3.63) is 12.7 Å². The molecule has 24 heavy (non-hydrogen) atoms. The Hall–Kier alpha value is -1.52. The molecule has 5 N–H and O–H groups in total. The maximum absolute atomic E-state index is 12.2. The standard InChI is InChI=1S/C15H25NO8/c1-4-5-15(14(22)23-3)6-9(19)11(16-8(2)18)13(24-15)12(21)10(20)7-17/h4,9-13,17,19-21H,1,5-7H2,2-3H3,(H,16,18)/t9-,10-,11-,12-,13?,15+/m1/s1. The molecule has 9 heteroatoms. The van der Waals surface area contributed by atoms with Gasteiger partial charge in [-0.1, -0.05) is 6.08 Å². The number of ether oxygens (including phenoxy) is 2. The van der Waals surface area contributed by atoms with Crippen LogP contribution in [0.5, 0.6) is 0 Å². The number of carbonyl (C=O) groups is 2. The van der Waals surface area contributed by atoms with Crippen LogP contribution in [0.15, 0.2) is 12.7 Å². The van der Waals surface area contributed by atoms with E-state index in [1.54, 1.807) is 0 Å². The number of carbonyl (C=O) groups excluding carboxylic acids is 2. The topological polar surface area (TPSA) is 146 Å². The maximum Gasteiger partial charge on any atom is 0.338 e. The molecule has 0 bridgehead atoms. The van der Waals surface area contributed by atoms with Crippen molar-refractivity contribution in [3.63, 3.8) is 0 Å². The quantitative estimate of drug-likeness (QED) is 0.259. The van der Waals surface area contributed by atoms with E-state index in [0.717, 1.165) is 7.11 Å². The van der Waals surface area contributed by atoms with Crippen LogP contribution < -0.4 is 5.32 Å². The van der Waals surface area contributed by atoms with E-state index in [1.807, 2.05) is 0 Å². The average molecular weight is 347 g/mol. The third-order valence-corrected chi connectivity index (χ3v) is 3.99. The first-order valence-electron chi connectivity index (χ1n) is 7.51. The Balaban J connectivity index is 3.23. The Morgan fingerprint density at radius 2 is 2.12 bits per heavy atom. The molecule has 1 heterocycles. The van der Waals surface area contributed by atoms with Gasteiger partial charge in [-0.25, -0.2) is 4.79 Å². The van der Waals surface area contributed by atoms with Crippen molar-refractivity contribution in [2.45, 2.75) is 55.8 Å². The second-order valence-corrected chi connectivity index (χ2v) is 5.80. The molecule has 0 aliphatic carbocycles. The predicted molar refractivity (Wildman–Crippen MR) is 81.8 cm³/mol. The van der Waals surface area contributed by atoms with Gasteiger partial charge >= 0.3 is 5.97 Å². The van der Waals surface area contributed by atoms with Crippen LogP contribution in [0, 0.1) is 0 Å². The number of methoxy groups -OCH3 is 1. The SMILES string of the molecule is C=CC[C@@]1(C(=O)OC)C[C@@H](O)[C@@H](NC(C)=O)C([C@H](O)[C@H](O)CO)O1. The van der Waals surface area contributed by atoms with Crippen LogP contribution in [0.2, 0.25) is 0 Å². The molecule has 1 rings (SSSR count). The summed E-state index contributed by atoms with van der Waals surface area (Å²) in [7, 11) is 1.15. The van der Waals surface area contributed by atoms with Crippen molar-refractivity contribution in [1.82, 2.24) is 5.32 Å². The molecular weight excluding hydrogens is 322 g/mol. The fourth-order valence-corrected chi connectivity index (χ4v) is 2.85. The van der Waals surface area contributed by atoms with Crippen LogP contribution in [0.25, 0.3) is 0 Å². The number of nitrogens with one attached hydrogen (secondary N) is 1. The highest BCUT2D eigenvalue weighted by atomic mass is 16.6. The zero-order chi connectivity index (χ0) is 18.5. The maximum atomic E-state index is 12.2. The lowest BCUT2D eigenvalue weighted by Gasteiger charge is -2.47. The molecule has 1 saturated heterocycles. The average Bonchev–Trinajstić information content (AvgIpc) is 2.54. The lowest BCUT2D eigenvalue weighted by atomic mass is 9.82. The second kappa shape index (κ2) is 8.54. The summed E-state index contributed by atoms with van der Waals surface area (Å²) in [6.45, 7) is 3.98. The minimum atomic E-state index is -1.66. The molecule has 6 atom stereocenters. The Labute approximate surface area is 139 Å². The predicted octanol–water partition coefficient (Wildman–Crippen LogP) is -2.16. The van der Waals surface area contributed by atoms with Gasteiger partial charge in [-0.3, -0.25) is 4.79 Å². The Morgan fingerprint density at radius 3 is 2.58 bits per heavy atom. The van der Waals surface area contributed by atoms with Crippen LogP contribution in [-0.4, -0.2) is 82.1 Å². The Kier molecular flexibility index (Phi) is 7.30. The van der Waals surface area contributed by atoms with E-state index in [-0.39, 0.29) is 12.8 Å². The third kappa shape index (κ3) is 4.31. The van der Waals surface area contributed by atoms with E-state index >= 15 is 0 Å². The van der Waals surface area contributed by atoms with E-state index < -0.39 is 54.5 Å². The fraction of sp³-hybridized carbons (Fsp3) is 0.733. The summed E-state index contributed by atoms with van der Waals surface area (Å²) in [4.78, 5) is 23.5. The van der Waals surface area contributed by atoms with Crippen LogP contribution in [0.4, 0.5) is 0 Å². The summed E-state index contributed by atoms with van der Waals surface area (Å²) in [6, 6.07) is -1.08. The summed E-state index contributed by atoms with van der Waals surface area (Å²) in [6.07, 6.45) is -4.66. The number of hydrogen-bond acceptors (Lipinski definition) is 8. The number of amides is 1. The molecule has 1 unspecified atom stereocenters. The number of aliphatic hydroxyl groups is 4. The molecule has 9 nitrogen and oxygen atoms in total. The lowest BCUT2D eigenvalue weighted by molar-refractivity contribution is -0.230. The van der Waals surface area contributed by atoms with Crippen LogP contribution in [0.1, 0.15) is 19.8 Å². The summed E-state index contributed by atoms with van der Waals surface area (Å²) < 4.78 is 10.4. The second-order valence-electron chi connectivity index (χ2n) is 5.80. The molecule has 0 spiro atoms. The van der Waals surface area contributed by atoms with Crippen LogP contribution >= 0.6 is 0 Å². The first-order chi connectivity index (χ1) is 11.2. The third-order valence-electron chi connectivity index (χ3n) is 3.99. The Bertz CT molecular complexity index is 470. The first-order valence-corrected chi connectivity index (χ1v) is 7.51. The summed E-state index contributed by atoms with van der Waals surface area (Å²) >= 11 is 0. The fourth-order valence-electron chi connectivity index (χ4n) is 2.85. The Morgan fingerprint density at radius 1 is 1.50 bits per heavy atom. The van der Waals surface area contributed by atoms with E-state index in [9.17, 15) is 24.9 Å². The van der Waals surface area contributed by atoms with Crippen molar-refractivity contribution in [3.8, 4) is 0 Å². The van der Waals surface area contributed by atoms with E-state index in [2.05, 4.69) is 11.9 Å². The smallest absolute Gasteiger partial charge is 0.338 e. The van der Waals surface area contributed by atoms with Crippen molar-refractivity contribution < 1.29 is 39.5 Å². The van der Waals surface area contributed by atoms with Crippen molar-refractivity contribution in [1.29, 1.82) is 0 Å². The molecule has 1 fully saturated rings. The van der Waals surface area contributed by atoms with Gasteiger partial charge in [0.1, 0.15) is 18.3 Å². The van der Waals surface area contributed by atoms with Crippen molar-refractivity contribution >= 4 is 11.9 Å². The highest BCUT2D eigenvalue weighted by Gasteiger charge is 2.54. The molecule has 1 amide bonds. The number of hydrogen-bond donors (Lipinski definition) is 5. The van der Waals surface area contributed by atoms with Crippen LogP contribution in [0.3, 0.4) is 0 Å². The number of esters is 1. The number of aliphatic hydroxyl groups excluding tert-OH is 4. The molecule has 1 aliphatic heterocycles. The minimum Gasteiger partial charge on any atom is -0.467 e. The monoisotopic (exact) mass is 347 g/mol. The summed E-state index contributed by atoms with van der Waals surface area (Å²) in [5.74, 6) is -1.27. The van der Waals surface area contributed by atoms with E-state index in [1.165, 1.54) is 13.0 Å². The molecule has 0 radical (unpaired) electrons. The molecule has 0 aromatic heterocycles. The molecule has 1 aliphatic rings. The van der Waals surface area contributed by atoms with Gasteiger partial charge in [-0.05, 0) is 0 Å². The van der Waals surface area contributed by atoms with Crippen LogP contribution in [-0.2, 0) is 19.1 Å². The van der Waals surface area contributed by atoms with Gasteiger partial charge in [0.15, 0.2) is 5.60 Å². The molecular formula is C15H25NO8. The number of rotatable bonds is 7. The minimum absolute atomic E-state index is 0.0119. The highest BCUT2D eigenvalue weighted by Crippen LogP contribution is 2.35. The first kappa shape index (κ1) is 20.5. The molecule has 0 aromatic rings. The largest absolute Gasteiger partial charge is 0.467 e. The van der Waals surface area contributed by atoms with E-state index in [0.29, 0.717) is 0 Å². The van der Waals surface area contributed by atoms with Gasteiger partial charge in [0, 0.05) is 19.8 Å². The van der Waals surface area contributed by atoms with Gasteiger partial charge in [0.25, 0.3) is 0 Å². The lowest BCUT2D eigenvalue weighted by Crippen LogP contribution is -2.67. The van der Waals surface area contributed by atoms with E-state index in [4.69, 9.17) is 14.6 Å². The summed E-state index contributed by atoms with van der Waals surface area (Å²) in [5.41, 5.74) is -1.62. The van der Waals surface area contributed by atoms with Gasteiger partial charge in [-0.15, -0.1) is 6.58 Å². The molecule has 0 saturated carbocycles. The molecule has 0 aromatic carbocycles. The zero-order valence-corrected chi connectivity index (χ0v) is 13.7. The normalized spacial score (nSPS) is 32.5. The molecule has 138 valence electrons. The van der Waals surface area contributed by atoms with Crippen molar-refractivity contribution in [2.75, 3.05) is 13.7 Å². The van der Waals surface area contributed by atoms with Crippen molar-refractivity contribution in [2.24, 2.45) is 0 Å². The van der Waals surface area contributed by atoms with Gasteiger partial charge in [0.2, 0.25) is 5.91 Å². The van der Waals surface area contributed by atoms with Gasteiger partial charge in [0.05, 0.1) is 25.9 Å². The highest BCUT2D eigenvalue weighted by molar-refractivity contribution is 5.80. The summed E-state index contributed by atoms with van der Waals surface area (Å²) in [5, 5.41) is 41.8. The van der Waals surface area contributed by atoms with Gasteiger partial charge < -0.3 is 35.2 Å².